The molecule has 0 atom stereocenters. The summed E-state index contributed by atoms with van der Waals surface area (Å²) in [6, 6.07) is 3.45. The second-order valence-electron chi connectivity index (χ2n) is 2.17. The maximum Gasteiger partial charge on any atom is 0.310 e. The van der Waals surface area contributed by atoms with Crippen molar-refractivity contribution in [1.82, 2.24) is 0 Å². The number of carbonyl (C=O) groups excluding carboxylic acids is 2. The first-order valence-electron chi connectivity index (χ1n) is 3.37. The number of hydrogen-bond acceptors (Lipinski definition) is 4. The van der Waals surface area contributed by atoms with Crippen molar-refractivity contribution in [3.63, 3.8) is 0 Å². The maximum atomic E-state index is 10.8. The third-order valence-electron chi connectivity index (χ3n) is 1.34. The predicted octanol–water partition coefficient (Wildman–Crippen LogP) is 1.28. The summed E-state index contributed by atoms with van der Waals surface area (Å²) in [6.07, 6.45) is 1.01. The monoisotopic (exact) mass is 184 g/mol. The highest BCUT2D eigenvalue weighted by Gasteiger charge is 2.04. The Bertz CT molecular complexity index is 290. The molecule has 0 aromatic carbocycles. The van der Waals surface area contributed by atoms with Crippen LogP contribution in [0.5, 0.6) is 0 Å². The fourth-order valence-electron chi connectivity index (χ4n) is 0.767. The van der Waals surface area contributed by atoms with Crippen LogP contribution in [0.25, 0.3) is 0 Å². The smallest absolute Gasteiger partial charge is 0.310 e. The quantitative estimate of drug-likeness (QED) is 0.525. The van der Waals surface area contributed by atoms with Crippen LogP contribution < -0.4 is 0 Å². The van der Waals surface area contributed by atoms with Crippen molar-refractivity contribution in [3.05, 3.63) is 21.9 Å². The predicted molar refractivity (Wildman–Crippen MR) is 45.4 cm³/mol. The van der Waals surface area contributed by atoms with Crippen LogP contribution in [0, 0.1) is 0 Å². The average molecular weight is 184 g/mol. The summed E-state index contributed by atoms with van der Waals surface area (Å²) in [5, 5.41) is 0. The Morgan fingerprint density at radius 1 is 1.67 bits per heavy atom. The Kier molecular flexibility index (Phi) is 2.99. The molecule has 0 fully saturated rings. The second kappa shape index (κ2) is 4.01. The summed E-state index contributed by atoms with van der Waals surface area (Å²) in [5.74, 6) is -0.283. The van der Waals surface area contributed by atoms with E-state index >= 15 is 0 Å². The molecule has 0 aliphatic rings. The molecule has 1 heterocycles. The second-order valence-corrected chi connectivity index (χ2v) is 3.37. The van der Waals surface area contributed by atoms with E-state index in [0.29, 0.717) is 4.88 Å². The molecule has 0 unspecified atom stereocenters. The number of carbonyl (C=O) groups is 2. The number of methoxy groups -OCH3 is 1. The number of esters is 1. The lowest BCUT2D eigenvalue weighted by Gasteiger charge is -1.93. The highest BCUT2D eigenvalue weighted by molar-refractivity contribution is 7.13. The van der Waals surface area contributed by atoms with Crippen LogP contribution in [0.15, 0.2) is 12.1 Å². The van der Waals surface area contributed by atoms with Crippen LogP contribution in [0.3, 0.4) is 0 Å². The Morgan fingerprint density at radius 3 is 2.92 bits per heavy atom. The van der Waals surface area contributed by atoms with Gasteiger partial charge in [-0.3, -0.25) is 9.59 Å². The summed E-state index contributed by atoms with van der Waals surface area (Å²) >= 11 is 1.31. The molecule has 1 aromatic rings. The Labute approximate surface area is 74.0 Å². The van der Waals surface area contributed by atoms with Crippen LogP contribution in [0.1, 0.15) is 14.5 Å². The molecule has 0 radical (unpaired) electrons. The number of ether oxygens (including phenoxy) is 1. The minimum atomic E-state index is -0.283. The summed E-state index contributed by atoms with van der Waals surface area (Å²) < 4.78 is 4.48. The number of aldehydes is 1. The standard InChI is InChI=1S/C8H8O3S/c1-11-8(10)4-6-2-3-7(5-9)12-6/h2-3,5H,4H2,1H3. The summed E-state index contributed by atoms with van der Waals surface area (Å²) in [6.45, 7) is 0. The van der Waals surface area contributed by atoms with E-state index in [-0.39, 0.29) is 12.4 Å². The van der Waals surface area contributed by atoms with Gasteiger partial charge in [-0.1, -0.05) is 0 Å². The normalized spacial score (nSPS) is 9.42. The molecule has 0 amide bonds. The Hall–Kier alpha value is -1.16. The van der Waals surface area contributed by atoms with Crippen molar-refractivity contribution in [1.29, 1.82) is 0 Å². The molecule has 0 N–H and O–H groups in total. The van der Waals surface area contributed by atoms with Gasteiger partial charge in [0, 0.05) is 4.88 Å². The van der Waals surface area contributed by atoms with Crippen molar-refractivity contribution in [2.24, 2.45) is 0 Å². The van der Waals surface area contributed by atoms with Crippen LogP contribution in [-0.2, 0) is 16.0 Å². The van der Waals surface area contributed by atoms with Crippen molar-refractivity contribution >= 4 is 23.6 Å². The first kappa shape index (κ1) is 8.93. The van der Waals surface area contributed by atoms with Gasteiger partial charge >= 0.3 is 5.97 Å². The fraction of sp³-hybridized carbons (Fsp3) is 0.250. The fourth-order valence-corrected chi connectivity index (χ4v) is 1.58. The minimum Gasteiger partial charge on any atom is -0.469 e. The molecule has 1 rings (SSSR count). The van der Waals surface area contributed by atoms with Crippen LogP contribution >= 0.6 is 11.3 Å². The van der Waals surface area contributed by atoms with Gasteiger partial charge in [0.2, 0.25) is 0 Å². The molecule has 0 saturated carbocycles. The van der Waals surface area contributed by atoms with Crippen LogP contribution in [0.2, 0.25) is 0 Å². The van der Waals surface area contributed by atoms with Gasteiger partial charge < -0.3 is 4.74 Å². The average Bonchev–Trinajstić information content (AvgIpc) is 2.52. The highest BCUT2D eigenvalue weighted by atomic mass is 32.1. The van der Waals surface area contributed by atoms with Gasteiger partial charge in [0.25, 0.3) is 0 Å². The lowest BCUT2D eigenvalue weighted by Crippen LogP contribution is -2.02. The van der Waals surface area contributed by atoms with Crippen LogP contribution in [0.4, 0.5) is 0 Å². The van der Waals surface area contributed by atoms with Gasteiger partial charge in [0.1, 0.15) is 0 Å². The Balaban J connectivity index is 2.63. The maximum absolute atomic E-state index is 10.8. The van der Waals surface area contributed by atoms with Crippen molar-refractivity contribution in [2.45, 2.75) is 6.42 Å². The molecule has 0 spiro atoms. The van der Waals surface area contributed by atoms with Gasteiger partial charge in [0.05, 0.1) is 18.4 Å². The summed E-state index contributed by atoms with van der Waals surface area (Å²) in [5.41, 5.74) is 0. The zero-order valence-corrected chi connectivity index (χ0v) is 7.39. The van der Waals surface area contributed by atoms with E-state index in [1.807, 2.05) is 0 Å². The van der Waals surface area contributed by atoms with E-state index in [2.05, 4.69) is 4.74 Å². The number of thiophene rings is 1. The SMILES string of the molecule is COC(=O)Cc1ccc(C=O)s1. The minimum absolute atomic E-state index is 0.245. The molecule has 0 aliphatic heterocycles. The van der Waals surface area contributed by atoms with Gasteiger partial charge in [-0.05, 0) is 12.1 Å². The summed E-state index contributed by atoms with van der Waals surface area (Å²) in [4.78, 5) is 22.5. The number of rotatable bonds is 3. The molecule has 0 aliphatic carbocycles. The van der Waals surface area contributed by atoms with Gasteiger partial charge in [-0.2, -0.15) is 0 Å². The molecule has 3 nitrogen and oxygen atoms in total. The molecular weight excluding hydrogens is 176 g/mol. The molecule has 1 aromatic heterocycles. The molecule has 0 bridgehead atoms. The third kappa shape index (κ3) is 2.17. The molecule has 64 valence electrons. The van der Waals surface area contributed by atoms with Gasteiger partial charge in [-0.25, -0.2) is 0 Å². The van der Waals surface area contributed by atoms with E-state index in [4.69, 9.17) is 0 Å². The van der Waals surface area contributed by atoms with Gasteiger partial charge in [0.15, 0.2) is 6.29 Å². The van der Waals surface area contributed by atoms with Gasteiger partial charge in [-0.15, -0.1) is 11.3 Å². The van der Waals surface area contributed by atoms with Crippen molar-refractivity contribution < 1.29 is 14.3 Å². The van der Waals surface area contributed by atoms with Crippen molar-refractivity contribution in [3.8, 4) is 0 Å². The molecule has 12 heavy (non-hydrogen) atoms. The van der Waals surface area contributed by atoms with E-state index < -0.39 is 0 Å². The zero-order valence-electron chi connectivity index (χ0n) is 6.57. The molecule has 4 heteroatoms. The first-order valence-corrected chi connectivity index (χ1v) is 4.18. The highest BCUT2D eigenvalue weighted by Crippen LogP contribution is 2.15. The third-order valence-corrected chi connectivity index (χ3v) is 2.36. The van der Waals surface area contributed by atoms with E-state index in [0.717, 1.165) is 11.2 Å². The Morgan fingerprint density at radius 2 is 2.42 bits per heavy atom. The largest absolute Gasteiger partial charge is 0.469 e. The van der Waals surface area contributed by atoms with E-state index in [1.54, 1.807) is 12.1 Å². The lowest BCUT2D eigenvalue weighted by molar-refractivity contribution is -0.139. The van der Waals surface area contributed by atoms with E-state index in [9.17, 15) is 9.59 Å². The topological polar surface area (TPSA) is 43.4 Å². The number of hydrogen-bond donors (Lipinski definition) is 0. The lowest BCUT2D eigenvalue weighted by atomic mass is 10.3. The van der Waals surface area contributed by atoms with E-state index in [1.165, 1.54) is 18.4 Å². The molecule has 0 saturated heterocycles. The zero-order chi connectivity index (χ0) is 8.97. The summed E-state index contributed by atoms with van der Waals surface area (Å²) in [7, 11) is 1.34. The molecular formula is C8H8O3S. The first-order chi connectivity index (χ1) is 5.76. The van der Waals surface area contributed by atoms with Crippen molar-refractivity contribution in [2.75, 3.05) is 7.11 Å². The van der Waals surface area contributed by atoms with Crippen LogP contribution in [-0.4, -0.2) is 19.4 Å².